The van der Waals surface area contributed by atoms with E-state index in [1.807, 2.05) is 12.3 Å². The quantitative estimate of drug-likeness (QED) is 0.870. The summed E-state index contributed by atoms with van der Waals surface area (Å²) in [6, 6.07) is 10.5. The molecule has 0 bridgehead atoms. The van der Waals surface area contributed by atoms with Crippen molar-refractivity contribution >= 4 is 18.2 Å². The summed E-state index contributed by atoms with van der Waals surface area (Å²) in [6.07, 6.45) is 5.57. The van der Waals surface area contributed by atoms with E-state index in [9.17, 15) is 0 Å². The molecule has 112 valence electrons. The Morgan fingerprint density at radius 1 is 1.05 bits per heavy atom. The van der Waals surface area contributed by atoms with Gasteiger partial charge in [-0.25, -0.2) is 9.97 Å². The molecule has 1 saturated heterocycles. The fourth-order valence-electron chi connectivity index (χ4n) is 2.51. The number of ether oxygens (including phenoxy) is 1. The normalized spacial score (nSPS) is 14.6. The first-order chi connectivity index (χ1) is 9.93. The number of aryl methyl sites for hydroxylation is 2. The van der Waals surface area contributed by atoms with Gasteiger partial charge < -0.3 is 9.64 Å². The van der Waals surface area contributed by atoms with Gasteiger partial charge in [-0.15, -0.1) is 12.4 Å². The molecule has 1 aliphatic heterocycles. The Morgan fingerprint density at radius 2 is 1.81 bits per heavy atom. The maximum absolute atomic E-state index is 5.41. The monoisotopic (exact) mass is 305 g/mol. The van der Waals surface area contributed by atoms with Gasteiger partial charge in [-0.2, -0.15) is 0 Å². The van der Waals surface area contributed by atoms with Crippen molar-refractivity contribution in [1.29, 1.82) is 0 Å². The molecule has 0 spiro atoms. The topological polar surface area (TPSA) is 38.2 Å². The average molecular weight is 306 g/mol. The molecule has 2 aromatic rings. The third-order valence-electron chi connectivity index (χ3n) is 3.60. The lowest BCUT2D eigenvalue weighted by molar-refractivity contribution is 0.122. The van der Waals surface area contributed by atoms with Crippen LogP contribution >= 0.6 is 12.4 Å². The molecule has 0 atom stereocenters. The minimum Gasteiger partial charge on any atom is -0.378 e. The van der Waals surface area contributed by atoms with E-state index in [0.717, 1.165) is 45.0 Å². The Labute approximate surface area is 131 Å². The van der Waals surface area contributed by atoms with Crippen LogP contribution in [0.15, 0.2) is 42.9 Å². The Morgan fingerprint density at radius 3 is 2.57 bits per heavy atom. The van der Waals surface area contributed by atoms with Crippen molar-refractivity contribution in [3.05, 3.63) is 54.0 Å². The smallest absolute Gasteiger partial charge is 0.135 e. The van der Waals surface area contributed by atoms with Crippen LogP contribution in [0.3, 0.4) is 0 Å². The number of halogens is 1. The van der Waals surface area contributed by atoms with Gasteiger partial charge in [-0.05, 0) is 18.4 Å². The second kappa shape index (κ2) is 7.96. The van der Waals surface area contributed by atoms with Gasteiger partial charge in [0.1, 0.15) is 12.1 Å². The number of anilines is 1. The van der Waals surface area contributed by atoms with Gasteiger partial charge in [0, 0.05) is 24.8 Å². The number of hydrogen-bond acceptors (Lipinski definition) is 4. The van der Waals surface area contributed by atoms with Gasteiger partial charge >= 0.3 is 0 Å². The largest absolute Gasteiger partial charge is 0.378 e. The lowest BCUT2D eigenvalue weighted by atomic mass is 10.1. The maximum atomic E-state index is 5.41. The number of rotatable bonds is 4. The van der Waals surface area contributed by atoms with Crippen LogP contribution in [0.4, 0.5) is 5.82 Å². The van der Waals surface area contributed by atoms with Gasteiger partial charge in [-0.3, -0.25) is 0 Å². The molecule has 4 nitrogen and oxygen atoms in total. The molecule has 1 aromatic carbocycles. The molecule has 0 amide bonds. The van der Waals surface area contributed by atoms with E-state index >= 15 is 0 Å². The molecule has 1 aliphatic rings. The van der Waals surface area contributed by atoms with E-state index in [0.29, 0.717) is 0 Å². The van der Waals surface area contributed by atoms with Crippen molar-refractivity contribution in [1.82, 2.24) is 9.97 Å². The minimum absolute atomic E-state index is 0. The molecule has 3 rings (SSSR count). The summed E-state index contributed by atoms with van der Waals surface area (Å²) < 4.78 is 5.41. The van der Waals surface area contributed by atoms with Crippen LogP contribution < -0.4 is 4.90 Å². The molecule has 0 unspecified atom stereocenters. The summed E-state index contributed by atoms with van der Waals surface area (Å²) in [5, 5.41) is 0. The number of benzene rings is 1. The number of nitrogens with zero attached hydrogens (tertiary/aromatic N) is 3. The molecule has 0 N–H and O–H groups in total. The predicted octanol–water partition coefficient (Wildman–Crippen LogP) is 2.52. The van der Waals surface area contributed by atoms with Crippen LogP contribution in [-0.4, -0.2) is 36.3 Å². The summed E-state index contributed by atoms with van der Waals surface area (Å²) in [7, 11) is 0. The van der Waals surface area contributed by atoms with Crippen LogP contribution in [0.25, 0.3) is 0 Å². The van der Waals surface area contributed by atoms with Crippen LogP contribution in [-0.2, 0) is 17.6 Å². The predicted molar refractivity (Wildman–Crippen MR) is 86.2 cm³/mol. The minimum atomic E-state index is 0. The second-order valence-corrected chi connectivity index (χ2v) is 4.96. The van der Waals surface area contributed by atoms with Gasteiger partial charge in [-0.1, -0.05) is 30.3 Å². The molecule has 21 heavy (non-hydrogen) atoms. The van der Waals surface area contributed by atoms with E-state index in [2.05, 4.69) is 39.1 Å². The molecule has 1 aromatic heterocycles. The number of hydrogen-bond donors (Lipinski definition) is 0. The molecule has 0 radical (unpaired) electrons. The van der Waals surface area contributed by atoms with Crippen LogP contribution in [0, 0.1) is 0 Å². The fourth-order valence-corrected chi connectivity index (χ4v) is 2.51. The molecular formula is C16H20ClN3O. The third kappa shape index (κ3) is 4.16. The van der Waals surface area contributed by atoms with E-state index < -0.39 is 0 Å². The van der Waals surface area contributed by atoms with Crippen molar-refractivity contribution < 1.29 is 4.74 Å². The van der Waals surface area contributed by atoms with Crippen molar-refractivity contribution in [2.24, 2.45) is 0 Å². The first kappa shape index (κ1) is 15.7. The zero-order valence-electron chi connectivity index (χ0n) is 11.9. The first-order valence-electron chi connectivity index (χ1n) is 7.09. The Balaban J connectivity index is 0.00000161. The zero-order chi connectivity index (χ0) is 13.6. The second-order valence-electron chi connectivity index (χ2n) is 4.96. The summed E-state index contributed by atoms with van der Waals surface area (Å²) >= 11 is 0. The highest BCUT2D eigenvalue weighted by Crippen LogP contribution is 2.19. The van der Waals surface area contributed by atoms with Crippen molar-refractivity contribution in [2.75, 3.05) is 31.2 Å². The van der Waals surface area contributed by atoms with Crippen LogP contribution in [0.2, 0.25) is 0 Å². The lowest BCUT2D eigenvalue weighted by Gasteiger charge is -2.29. The van der Waals surface area contributed by atoms with Crippen LogP contribution in [0.1, 0.15) is 11.1 Å². The summed E-state index contributed by atoms with van der Waals surface area (Å²) in [4.78, 5) is 11.0. The van der Waals surface area contributed by atoms with E-state index in [1.165, 1.54) is 11.1 Å². The van der Waals surface area contributed by atoms with Crippen molar-refractivity contribution in [3.8, 4) is 0 Å². The van der Waals surface area contributed by atoms with Crippen LogP contribution in [0.5, 0.6) is 0 Å². The number of morpholine rings is 1. The Kier molecular flexibility index (Phi) is 5.96. The molecule has 1 fully saturated rings. The average Bonchev–Trinajstić information content (AvgIpc) is 2.55. The molecule has 5 heteroatoms. The van der Waals surface area contributed by atoms with Gasteiger partial charge in [0.05, 0.1) is 13.2 Å². The van der Waals surface area contributed by atoms with Gasteiger partial charge in [0.25, 0.3) is 0 Å². The van der Waals surface area contributed by atoms with Gasteiger partial charge in [0.2, 0.25) is 0 Å². The van der Waals surface area contributed by atoms with Crippen molar-refractivity contribution in [3.63, 3.8) is 0 Å². The highest BCUT2D eigenvalue weighted by Gasteiger charge is 2.15. The fraction of sp³-hybridized carbons (Fsp3) is 0.375. The van der Waals surface area contributed by atoms with E-state index in [-0.39, 0.29) is 12.4 Å². The number of aromatic nitrogens is 2. The summed E-state index contributed by atoms with van der Waals surface area (Å²) in [6.45, 7) is 3.38. The maximum Gasteiger partial charge on any atom is 0.135 e. The van der Waals surface area contributed by atoms with Crippen molar-refractivity contribution in [2.45, 2.75) is 12.8 Å². The SMILES string of the molecule is Cl.c1ccc(CCc2cncnc2N2CCOCC2)cc1. The lowest BCUT2D eigenvalue weighted by Crippen LogP contribution is -2.37. The highest BCUT2D eigenvalue weighted by atomic mass is 35.5. The molecular weight excluding hydrogens is 286 g/mol. The summed E-state index contributed by atoms with van der Waals surface area (Å²) in [5.41, 5.74) is 2.57. The standard InChI is InChI=1S/C16H19N3O.ClH/c1-2-4-14(5-3-1)6-7-15-12-17-13-18-16(15)19-8-10-20-11-9-19;/h1-5,12-13H,6-11H2;1H. The molecule has 0 saturated carbocycles. The van der Waals surface area contributed by atoms with Gasteiger partial charge in [0.15, 0.2) is 0 Å². The third-order valence-corrected chi connectivity index (χ3v) is 3.60. The van der Waals surface area contributed by atoms with E-state index in [4.69, 9.17) is 4.74 Å². The zero-order valence-corrected chi connectivity index (χ0v) is 12.8. The highest BCUT2D eigenvalue weighted by molar-refractivity contribution is 5.85. The molecule has 2 heterocycles. The Hall–Kier alpha value is -1.65. The molecule has 0 aliphatic carbocycles. The first-order valence-corrected chi connectivity index (χ1v) is 7.09. The Bertz CT molecular complexity index is 544. The van der Waals surface area contributed by atoms with E-state index in [1.54, 1.807) is 6.33 Å². The summed E-state index contributed by atoms with van der Waals surface area (Å²) in [5.74, 6) is 1.07.